The van der Waals surface area contributed by atoms with Crippen LogP contribution in [0.2, 0.25) is 0 Å². The van der Waals surface area contributed by atoms with Crippen LogP contribution in [0.3, 0.4) is 0 Å². The van der Waals surface area contributed by atoms with Crippen LogP contribution >= 0.6 is 0 Å². The van der Waals surface area contributed by atoms with Gasteiger partial charge in [-0.2, -0.15) is 0 Å². The molecule has 0 saturated heterocycles. The molecule has 0 saturated carbocycles. The van der Waals surface area contributed by atoms with Gasteiger partial charge in [0.1, 0.15) is 11.1 Å². The second kappa shape index (κ2) is 3.70. The van der Waals surface area contributed by atoms with E-state index in [4.69, 9.17) is 5.73 Å². The van der Waals surface area contributed by atoms with Gasteiger partial charge in [-0.15, -0.1) is 0 Å². The number of aromatic hydroxyl groups is 1. The molecule has 0 aliphatic heterocycles. The zero-order valence-electron chi connectivity index (χ0n) is 8.05. The molecule has 1 aromatic carbocycles. The van der Waals surface area contributed by atoms with Gasteiger partial charge in [-0.1, -0.05) is 6.07 Å². The number of fused-ring (bicyclic) bond motifs is 1. The van der Waals surface area contributed by atoms with E-state index >= 15 is 0 Å². The molecule has 3 N–H and O–H groups in total. The Morgan fingerprint density at radius 1 is 1.47 bits per heavy atom. The fraction of sp³-hybridized carbons (Fsp3) is 0.200. The van der Waals surface area contributed by atoms with Crippen molar-refractivity contribution in [3.8, 4) is 5.75 Å². The number of nitrogens with two attached hydrogens (primary N) is 1. The molecule has 2 aromatic rings. The van der Waals surface area contributed by atoms with Crippen molar-refractivity contribution < 1.29 is 5.11 Å². The Bertz CT molecular complexity index is 548. The molecule has 1 heterocycles. The quantitative estimate of drug-likeness (QED) is 0.726. The van der Waals surface area contributed by atoms with E-state index in [9.17, 15) is 9.90 Å². The first-order valence-corrected chi connectivity index (χ1v) is 4.61. The van der Waals surface area contributed by atoms with Crippen LogP contribution < -0.4 is 11.3 Å². The minimum absolute atomic E-state index is 0.0450. The molecular formula is C10H11N3O2. The summed E-state index contributed by atoms with van der Waals surface area (Å²) in [5.41, 5.74) is 5.59. The van der Waals surface area contributed by atoms with Crippen molar-refractivity contribution in [2.75, 3.05) is 6.54 Å². The van der Waals surface area contributed by atoms with Crippen LogP contribution in [0.4, 0.5) is 0 Å². The van der Waals surface area contributed by atoms with Gasteiger partial charge in [0.2, 0.25) is 0 Å². The molecule has 5 heteroatoms. The molecule has 5 nitrogen and oxygen atoms in total. The summed E-state index contributed by atoms with van der Waals surface area (Å²) in [6, 6.07) is 4.80. The van der Waals surface area contributed by atoms with Crippen LogP contribution in [0.25, 0.3) is 10.9 Å². The SMILES string of the molecule is NCCn1cnc2cccc(O)c2c1=O. The van der Waals surface area contributed by atoms with Gasteiger partial charge in [0.15, 0.2) is 0 Å². The molecular weight excluding hydrogens is 194 g/mol. The second-order valence-corrected chi connectivity index (χ2v) is 3.20. The zero-order chi connectivity index (χ0) is 10.8. The Hall–Kier alpha value is -1.88. The van der Waals surface area contributed by atoms with Crippen molar-refractivity contribution in [1.82, 2.24) is 9.55 Å². The Morgan fingerprint density at radius 3 is 3.00 bits per heavy atom. The van der Waals surface area contributed by atoms with Gasteiger partial charge in [-0.25, -0.2) is 4.98 Å². The molecule has 0 radical (unpaired) electrons. The number of nitrogens with zero attached hydrogens (tertiary/aromatic N) is 2. The highest BCUT2D eigenvalue weighted by Gasteiger charge is 2.07. The van der Waals surface area contributed by atoms with Gasteiger partial charge < -0.3 is 10.8 Å². The number of phenols is 1. The number of hydrogen-bond donors (Lipinski definition) is 2. The molecule has 0 unspecified atom stereocenters. The first-order valence-electron chi connectivity index (χ1n) is 4.61. The molecule has 0 spiro atoms. The Balaban J connectivity index is 2.77. The first kappa shape index (κ1) is 9.67. The molecule has 2 rings (SSSR count). The summed E-state index contributed by atoms with van der Waals surface area (Å²) in [5, 5.41) is 9.80. The summed E-state index contributed by atoms with van der Waals surface area (Å²) in [5.74, 6) is -0.0450. The van der Waals surface area contributed by atoms with E-state index in [1.807, 2.05) is 0 Å². The molecule has 0 amide bonds. The molecule has 0 bridgehead atoms. The lowest BCUT2D eigenvalue weighted by Gasteiger charge is -2.05. The molecule has 0 fully saturated rings. The summed E-state index contributed by atoms with van der Waals surface area (Å²) in [4.78, 5) is 15.9. The van der Waals surface area contributed by atoms with Gasteiger partial charge in [0.05, 0.1) is 11.8 Å². The second-order valence-electron chi connectivity index (χ2n) is 3.20. The van der Waals surface area contributed by atoms with E-state index in [0.717, 1.165) is 0 Å². The third-order valence-corrected chi connectivity index (χ3v) is 2.20. The fourth-order valence-electron chi connectivity index (χ4n) is 1.48. The van der Waals surface area contributed by atoms with Crippen LogP contribution in [-0.2, 0) is 6.54 Å². The molecule has 15 heavy (non-hydrogen) atoms. The highest BCUT2D eigenvalue weighted by atomic mass is 16.3. The van der Waals surface area contributed by atoms with Crippen molar-refractivity contribution >= 4 is 10.9 Å². The van der Waals surface area contributed by atoms with Gasteiger partial charge >= 0.3 is 0 Å². The molecule has 0 aliphatic carbocycles. The predicted octanol–water partition coefficient (Wildman–Crippen LogP) is 0.0608. The number of benzene rings is 1. The average molecular weight is 205 g/mol. The molecule has 1 aromatic heterocycles. The van der Waals surface area contributed by atoms with E-state index < -0.39 is 0 Å². The summed E-state index contributed by atoms with van der Waals surface area (Å²) < 4.78 is 1.39. The monoisotopic (exact) mass is 205 g/mol. The third kappa shape index (κ3) is 1.57. The first-order chi connectivity index (χ1) is 7.24. The normalized spacial score (nSPS) is 10.7. The maximum absolute atomic E-state index is 11.8. The van der Waals surface area contributed by atoms with E-state index in [2.05, 4.69) is 4.98 Å². The van der Waals surface area contributed by atoms with Crippen LogP contribution in [0, 0.1) is 0 Å². The van der Waals surface area contributed by atoms with E-state index in [1.165, 1.54) is 17.0 Å². The Kier molecular flexibility index (Phi) is 2.39. The molecule has 0 atom stereocenters. The van der Waals surface area contributed by atoms with Gasteiger partial charge in [-0.3, -0.25) is 9.36 Å². The van der Waals surface area contributed by atoms with Gasteiger partial charge in [0, 0.05) is 13.1 Å². The summed E-state index contributed by atoms with van der Waals surface area (Å²) in [6.45, 7) is 0.761. The topological polar surface area (TPSA) is 81.1 Å². The van der Waals surface area contributed by atoms with Crippen molar-refractivity contribution in [2.45, 2.75) is 6.54 Å². The number of aromatic nitrogens is 2. The number of hydrogen-bond acceptors (Lipinski definition) is 4. The minimum atomic E-state index is -0.261. The maximum atomic E-state index is 11.8. The fourth-order valence-corrected chi connectivity index (χ4v) is 1.48. The lowest BCUT2D eigenvalue weighted by atomic mass is 10.2. The number of phenolic OH excluding ortho intramolecular Hbond substituents is 1. The summed E-state index contributed by atoms with van der Waals surface area (Å²) >= 11 is 0. The highest BCUT2D eigenvalue weighted by Crippen LogP contribution is 2.17. The smallest absolute Gasteiger partial charge is 0.264 e. The molecule has 78 valence electrons. The van der Waals surface area contributed by atoms with Gasteiger partial charge in [-0.05, 0) is 12.1 Å². The van der Waals surface area contributed by atoms with Crippen molar-refractivity contribution in [2.24, 2.45) is 5.73 Å². The zero-order valence-corrected chi connectivity index (χ0v) is 8.05. The van der Waals surface area contributed by atoms with Crippen LogP contribution in [0.15, 0.2) is 29.3 Å². The predicted molar refractivity (Wildman–Crippen MR) is 56.7 cm³/mol. The van der Waals surface area contributed by atoms with E-state index in [1.54, 1.807) is 12.1 Å². The van der Waals surface area contributed by atoms with E-state index in [-0.39, 0.29) is 16.7 Å². The Labute approximate surface area is 85.8 Å². The van der Waals surface area contributed by atoms with Gasteiger partial charge in [0.25, 0.3) is 5.56 Å². The molecule has 0 aliphatic rings. The van der Waals surface area contributed by atoms with Crippen LogP contribution in [-0.4, -0.2) is 21.2 Å². The van der Waals surface area contributed by atoms with Crippen molar-refractivity contribution in [3.05, 3.63) is 34.9 Å². The number of rotatable bonds is 2. The largest absolute Gasteiger partial charge is 0.507 e. The summed E-state index contributed by atoms with van der Waals surface area (Å²) in [6.07, 6.45) is 1.44. The van der Waals surface area contributed by atoms with Crippen molar-refractivity contribution in [1.29, 1.82) is 0 Å². The highest BCUT2D eigenvalue weighted by molar-refractivity contribution is 5.83. The average Bonchev–Trinajstić information content (AvgIpc) is 2.22. The summed E-state index contributed by atoms with van der Waals surface area (Å²) in [7, 11) is 0. The minimum Gasteiger partial charge on any atom is -0.507 e. The van der Waals surface area contributed by atoms with Crippen LogP contribution in [0.1, 0.15) is 0 Å². The standard InChI is InChI=1S/C10H11N3O2/c11-4-5-13-6-12-7-2-1-3-8(14)9(7)10(13)15/h1-3,6,14H,4-5,11H2. The Morgan fingerprint density at radius 2 is 2.27 bits per heavy atom. The third-order valence-electron chi connectivity index (χ3n) is 2.20. The van der Waals surface area contributed by atoms with Crippen LogP contribution in [0.5, 0.6) is 5.75 Å². The lowest BCUT2D eigenvalue weighted by Crippen LogP contribution is -2.24. The lowest BCUT2D eigenvalue weighted by molar-refractivity contribution is 0.480. The maximum Gasteiger partial charge on any atom is 0.264 e. The van der Waals surface area contributed by atoms with Crippen molar-refractivity contribution in [3.63, 3.8) is 0 Å². The van der Waals surface area contributed by atoms with E-state index in [0.29, 0.717) is 18.6 Å².